The maximum Gasteiger partial charge on any atom is 0.201 e. The Balaban J connectivity index is 1.15. The molecule has 172 valence electrons. The van der Waals surface area contributed by atoms with Crippen LogP contribution in [0.1, 0.15) is 18.4 Å². The van der Waals surface area contributed by atoms with E-state index in [4.69, 9.17) is 15.0 Å². The second-order valence-corrected chi connectivity index (χ2v) is 11.1. The van der Waals surface area contributed by atoms with E-state index < -0.39 is 0 Å². The molecule has 0 saturated carbocycles. The molecule has 3 aliphatic heterocycles. The molecule has 2 aromatic rings. The van der Waals surface area contributed by atoms with Crippen molar-refractivity contribution in [1.82, 2.24) is 5.32 Å². The lowest BCUT2D eigenvalue weighted by Gasteiger charge is -2.43. The van der Waals surface area contributed by atoms with Crippen molar-refractivity contribution in [2.45, 2.75) is 35.2 Å². The number of amidine groups is 3. The van der Waals surface area contributed by atoms with Crippen LogP contribution in [-0.2, 0) is 0 Å². The fraction of sp³-hybridized carbons (Fsp3) is 0.179. The summed E-state index contributed by atoms with van der Waals surface area (Å²) in [5, 5.41) is 3.79. The summed E-state index contributed by atoms with van der Waals surface area (Å²) in [4.78, 5) is 18.3. The second kappa shape index (κ2) is 8.50. The molecule has 3 atom stereocenters. The van der Waals surface area contributed by atoms with E-state index in [2.05, 4.69) is 86.9 Å². The van der Waals surface area contributed by atoms with Crippen LogP contribution in [0.2, 0.25) is 0 Å². The van der Waals surface area contributed by atoms with Crippen LogP contribution in [-0.4, -0.2) is 35.0 Å². The van der Waals surface area contributed by atoms with Crippen LogP contribution in [0.25, 0.3) is 0 Å². The first kappa shape index (κ1) is 21.1. The minimum absolute atomic E-state index is 0.263. The number of anilines is 1. The highest BCUT2D eigenvalue weighted by Crippen LogP contribution is 2.46. The summed E-state index contributed by atoms with van der Waals surface area (Å²) in [6, 6.07) is 17.2. The lowest BCUT2D eigenvalue weighted by molar-refractivity contribution is 0.711. The maximum absolute atomic E-state index is 4.82. The van der Waals surface area contributed by atoms with Crippen molar-refractivity contribution in [1.29, 1.82) is 0 Å². The van der Waals surface area contributed by atoms with Gasteiger partial charge in [-0.2, -0.15) is 0 Å². The Labute approximate surface area is 217 Å². The van der Waals surface area contributed by atoms with Gasteiger partial charge in [0.2, 0.25) is 6.17 Å². The molecule has 35 heavy (non-hydrogen) atoms. The van der Waals surface area contributed by atoms with Crippen LogP contribution in [0.5, 0.6) is 0 Å². The zero-order chi connectivity index (χ0) is 23.4. The van der Waals surface area contributed by atoms with Crippen molar-refractivity contribution >= 4 is 50.9 Å². The van der Waals surface area contributed by atoms with Gasteiger partial charge in [-0.3, -0.25) is 0 Å². The van der Waals surface area contributed by atoms with Crippen molar-refractivity contribution in [3.8, 4) is 0 Å². The van der Waals surface area contributed by atoms with Gasteiger partial charge in [-0.15, -0.1) is 11.8 Å². The number of para-hydroxylation sites is 1. The highest BCUT2D eigenvalue weighted by molar-refractivity contribution is 9.10. The first-order chi connectivity index (χ1) is 17.2. The van der Waals surface area contributed by atoms with Crippen LogP contribution in [0.3, 0.4) is 0 Å². The Kier molecular flexibility index (Phi) is 5.14. The molecule has 0 aromatic heterocycles. The Hall–Kier alpha value is -3.16. The Bertz CT molecular complexity index is 1430. The van der Waals surface area contributed by atoms with Gasteiger partial charge in [0.15, 0.2) is 11.7 Å². The molecule has 2 aliphatic carbocycles. The molecule has 7 rings (SSSR count). The van der Waals surface area contributed by atoms with Gasteiger partial charge in [0.05, 0.1) is 17.0 Å². The number of hydrogen-bond acceptors (Lipinski definition) is 6. The minimum Gasteiger partial charge on any atom is -0.336 e. The lowest BCUT2D eigenvalue weighted by atomic mass is 9.97. The normalized spacial score (nSPS) is 26.0. The van der Waals surface area contributed by atoms with E-state index in [0.717, 1.165) is 40.4 Å². The van der Waals surface area contributed by atoms with Crippen LogP contribution in [0.15, 0.2) is 121 Å². The van der Waals surface area contributed by atoms with E-state index >= 15 is 0 Å². The Morgan fingerprint density at radius 2 is 1.80 bits per heavy atom. The van der Waals surface area contributed by atoms with Gasteiger partial charge in [0, 0.05) is 20.6 Å². The molecule has 0 fully saturated rings. The smallest absolute Gasteiger partial charge is 0.201 e. The van der Waals surface area contributed by atoms with Gasteiger partial charge >= 0.3 is 0 Å². The first-order valence-corrected chi connectivity index (χ1v) is 13.5. The van der Waals surface area contributed by atoms with Crippen molar-refractivity contribution in [2.24, 2.45) is 15.0 Å². The van der Waals surface area contributed by atoms with Gasteiger partial charge in [0.1, 0.15) is 5.84 Å². The molecule has 1 N–H and O–H groups in total. The number of allylic oxidation sites excluding steroid dienone is 5. The highest BCUT2D eigenvalue weighted by Gasteiger charge is 2.36. The number of aliphatic imine (C=N–C) groups is 3. The molecular weight excluding hydrogens is 518 g/mol. The summed E-state index contributed by atoms with van der Waals surface area (Å²) in [6.07, 6.45) is 15.1. The van der Waals surface area contributed by atoms with E-state index in [1.165, 1.54) is 21.9 Å². The number of hydrogen-bond donors (Lipinski definition) is 1. The monoisotopic (exact) mass is 539 g/mol. The zero-order valence-corrected chi connectivity index (χ0v) is 21.2. The van der Waals surface area contributed by atoms with E-state index in [9.17, 15) is 0 Å². The average Bonchev–Trinajstić information content (AvgIpc) is 3.48. The largest absolute Gasteiger partial charge is 0.336 e. The van der Waals surface area contributed by atoms with Crippen LogP contribution in [0, 0.1) is 0 Å². The summed E-state index contributed by atoms with van der Waals surface area (Å²) in [6.45, 7) is 0. The third kappa shape index (κ3) is 3.74. The predicted octanol–water partition coefficient (Wildman–Crippen LogP) is 6.02. The molecule has 2 aromatic carbocycles. The maximum atomic E-state index is 4.82. The van der Waals surface area contributed by atoms with Crippen LogP contribution < -0.4 is 10.2 Å². The van der Waals surface area contributed by atoms with Crippen LogP contribution in [0.4, 0.5) is 5.69 Å². The molecule has 3 heterocycles. The molecule has 0 radical (unpaired) electrons. The molecule has 0 spiro atoms. The molecule has 7 heteroatoms. The number of thioether (sulfide) groups is 1. The Morgan fingerprint density at radius 3 is 2.63 bits per heavy atom. The highest BCUT2D eigenvalue weighted by atomic mass is 79.9. The zero-order valence-electron chi connectivity index (χ0n) is 18.8. The van der Waals surface area contributed by atoms with Gasteiger partial charge in [0.25, 0.3) is 0 Å². The number of nitrogens with one attached hydrogen (secondary N) is 1. The van der Waals surface area contributed by atoms with Crippen molar-refractivity contribution in [2.75, 3.05) is 4.90 Å². The molecule has 5 aliphatic rings. The third-order valence-electron chi connectivity index (χ3n) is 6.80. The summed E-state index contributed by atoms with van der Waals surface area (Å²) in [5.41, 5.74) is 4.86. The topological polar surface area (TPSA) is 52.4 Å². The summed E-state index contributed by atoms with van der Waals surface area (Å²) < 4.78 is 1.05. The average molecular weight is 540 g/mol. The fourth-order valence-corrected chi connectivity index (χ4v) is 6.61. The van der Waals surface area contributed by atoms with Gasteiger partial charge in [-0.1, -0.05) is 70.6 Å². The number of halogens is 1. The molecule has 0 amide bonds. The van der Waals surface area contributed by atoms with Crippen molar-refractivity contribution in [3.63, 3.8) is 0 Å². The lowest BCUT2D eigenvalue weighted by Crippen LogP contribution is -2.43. The summed E-state index contributed by atoms with van der Waals surface area (Å²) >= 11 is 5.44. The standard InChI is InChI=1S/C28H22BrN5S/c29-19-13-9-17(10-14-19)25-30-27-28(31-25)33-26(32-27)18-11-15-20(16-12-18)34-21-5-1-3-7-23(21)35-24-8-4-2-6-22(24)34/h1-11,13-15,21,23,27H,12,16H2,(H,30,31,32,33). The summed E-state index contributed by atoms with van der Waals surface area (Å²) in [7, 11) is 0. The Morgan fingerprint density at radius 1 is 0.943 bits per heavy atom. The minimum atomic E-state index is -0.263. The second-order valence-electron chi connectivity index (χ2n) is 8.96. The third-order valence-corrected chi connectivity index (χ3v) is 8.63. The molecule has 3 unspecified atom stereocenters. The van der Waals surface area contributed by atoms with E-state index in [0.29, 0.717) is 11.3 Å². The fourth-order valence-electron chi connectivity index (χ4n) is 5.08. The van der Waals surface area contributed by atoms with Crippen LogP contribution >= 0.6 is 27.7 Å². The summed E-state index contributed by atoms with van der Waals surface area (Å²) in [5.74, 6) is 2.45. The van der Waals surface area contributed by atoms with E-state index in [1.54, 1.807) is 0 Å². The van der Waals surface area contributed by atoms with Crippen molar-refractivity contribution in [3.05, 3.63) is 106 Å². The molecule has 0 saturated heterocycles. The van der Waals surface area contributed by atoms with Gasteiger partial charge in [-0.05, 0) is 48.8 Å². The number of nitrogens with zero attached hydrogens (tertiary/aromatic N) is 4. The van der Waals surface area contributed by atoms with Gasteiger partial charge < -0.3 is 10.2 Å². The molecule has 5 nitrogen and oxygen atoms in total. The quantitative estimate of drug-likeness (QED) is 0.519. The number of benzene rings is 2. The number of rotatable bonds is 3. The van der Waals surface area contributed by atoms with E-state index in [1.807, 2.05) is 36.0 Å². The van der Waals surface area contributed by atoms with Crippen molar-refractivity contribution < 1.29 is 0 Å². The van der Waals surface area contributed by atoms with E-state index in [-0.39, 0.29) is 6.17 Å². The van der Waals surface area contributed by atoms with Gasteiger partial charge in [-0.25, -0.2) is 15.0 Å². The molecular formula is C28H22BrN5S. The SMILES string of the molecule is Brc1ccc(C2=NC3N=C(C4=CC=C(N5c6ccccc6SC6C=CC=CC65)CC4)N=C3N2)cc1. The number of fused-ring (bicyclic) bond motifs is 3. The first-order valence-electron chi connectivity index (χ1n) is 11.8. The molecule has 0 bridgehead atoms. The predicted molar refractivity (Wildman–Crippen MR) is 149 cm³/mol.